The minimum atomic E-state index is -0.578. The smallest absolute Gasteiger partial charge is 0.411 e. The van der Waals surface area contributed by atoms with Crippen LogP contribution >= 0.6 is 24.0 Å². The number of carbonyl (C=O) groups excluding carboxylic acids is 1. The van der Waals surface area contributed by atoms with E-state index >= 15 is 0 Å². The molecule has 3 atom stereocenters. The Hall–Kier alpha value is -1.67. The maximum atomic E-state index is 12.9. The zero-order valence-corrected chi connectivity index (χ0v) is 18.0. The summed E-state index contributed by atoms with van der Waals surface area (Å²) in [5, 5.41) is 0. The van der Waals surface area contributed by atoms with Crippen LogP contribution in [0.4, 0.5) is 4.79 Å². The van der Waals surface area contributed by atoms with Crippen LogP contribution in [0.1, 0.15) is 50.4 Å². The number of thiocarbonyl (C=S) groups is 1. The number of thioether (sulfide) groups is 1. The molecule has 2 heterocycles. The molecule has 148 valence electrons. The standard InChI is InChI=1S/C19H25NO5S2/c1-19(2,3)25-17(21)20-12-9-15(24-18(26)27-6)16(20)11-8-14(23-5)13(22-4)7-10(11)12/h7-8,12,15-16H,9H2,1-6H3/t12-,15+,16-/m1/s1. The van der Waals surface area contributed by atoms with Crippen molar-refractivity contribution in [3.8, 4) is 11.5 Å². The van der Waals surface area contributed by atoms with Gasteiger partial charge in [0.05, 0.1) is 26.3 Å². The lowest BCUT2D eigenvalue weighted by Gasteiger charge is -2.28. The summed E-state index contributed by atoms with van der Waals surface area (Å²) in [5.41, 5.74) is 1.45. The van der Waals surface area contributed by atoms with Crippen molar-refractivity contribution in [1.29, 1.82) is 0 Å². The van der Waals surface area contributed by atoms with Gasteiger partial charge < -0.3 is 18.9 Å². The van der Waals surface area contributed by atoms with Crippen LogP contribution in [0.25, 0.3) is 0 Å². The molecule has 2 bridgehead atoms. The highest BCUT2D eigenvalue weighted by atomic mass is 32.2. The van der Waals surface area contributed by atoms with Crippen molar-refractivity contribution < 1.29 is 23.7 Å². The minimum Gasteiger partial charge on any atom is -0.493 e. The third kappa shape index (κ3) is 3.69. The molecule has 1 amide bonds. The Labute approximate surface area is 169 Å². The molecule has 1 aromatic carbocycles. The Kier molecular flexibility index (Phi) is 5.49. The fourth-order valence-electron chi connectivity index (χ4n) is 3.76. The predicted octanol–water partition coefficient (Wildman–Crippen LogP) is 4.47. The van der Waals surface area contributed by atoms with Gasteiger partial charge in [-0.25, -0.2) is 4.79 Å². The van der Waals surface area contributed by atoms with E-state index in [4.69, 9.17) is 31.2 Å². The molecule has 2 aliphatic rings. The van der Waals surface area contributed by atoms with Gasteiger partial charge in [0.2, 0.25) is 4.38 Å². The molecule has 27 heavy (non-hydrogen) atoms. The molecule has 0 aromatic heterocycles. The first-order chi connectivity index (χ1) is 12.7. The Morgan fingerprint density at radius 3 is 2.30 bits per heavy atom. The van der Waals surface area contributed by atoms with Gasteiger partial charge in [0, 0.05) is 6.42 Å². The van der Waals surface area contributed by atoms with E-state index in [0.29, 0.717) is 22.3 Å². The van der Waals surface area contributed by atoms with Crippen LogP contribution in [0.3, 0.4) is 0 Å². The van der Waals surface area contributed by atoms with Gasteiger partial charge in [0.1, 0.15) is 11.7 Å². The summed E-state index contributed by atoms with van der Waals surface area (Å²) in [5.74, 6) is 1.27. The monoisotopic (exact) mass is 411 g/mol. The van der Waals surface area contributed by atoms with E-state index in [0.717, 1.165) is 11.1 Å². The van der Waals surface area contributed by atoms with Crippen molar-refractivity contribution in [2.24, 2.45) is 0 Å². The molecule has 6 nitrogen and oxygen atoms in total. The number of hydrogen-bond donors (Lipinski definition) is 0. The number of hydrogen-bond acceptors (Lipinski definition) is 7. The van der Waals surface area contributed by atoms with E-state index in [2.05, 4.69) is 0 Å². The summed E-state index contributed by atoms with van der Waals surface area (Å²) in [4.78, 5) is 14.7. The van der Waals surface area contributed by atoms with Gasteiger partial charge in [-0.1, -0.05) is 11.8 Å². The number of methoxy groups -OCH3 is 2. The summed E-state index contributed by atoms with van der Waals surface area (Å²) in [6, 6.07) is 3.45. The van der Waals surface area contributed by atoms with Crippen LogP contribution in [0.5, 0.6) is 11.5 Å². The first-order valence-electron chi connectivity index (χ1n) is 8.72. The van der Waals surface area contributed by atoms with Crippen molar-refractivity contribution >= 4 is 34.5 Å². The molecular formula is C19H25NO5S2. The van der Waals surface area contributed by atoms with Crippen LogP contribution in [-0.4, -0.2) is 47.6 Å². The van der Waals surface area contributed by atoms with Crippen molar-refractivity contribution in [2.45, 2.75) is 51.0 Å². The Morgan fingerprint density at radius 1 is 1.19 bits per heavy atom. The molecule has 0 spiro atoms. The number of nitrogens with zero attached hydrogens (tertiary/aromatic N) is 1. The SMILES string of the molecule is COc1cc2c(cc1OC)[C@@H]1[C@@H](OC(=S)SC)C[C@H]2N1C(=O)OC(C)(C)C. The Bertz CT molecular complexity index is 761. The zero-order valence-electron chi connectivity index (χ0n) is 16.4. The molecule has 0 saturated carbocycles. The second kappa shape index (κ2) is 7.39. The summed E-state index contributed by atoms with van der Waals surface area (Å²) >= 11 is 6.63. The molecule has 0 unspecified atom stereocenters. The number of ether oxygens (including phenoxy) is 4. The number of fused-ring (bicyclic) bond motifs is 5. The largest absolute Gasteiger partial charge is 0.493 e. The third-order valence-electron chi connectivity index (χ3n) is 4.73. The third-order valence-corrected chi connectivity index (χ3v) is 5.75. The average molecular weight is 412 g/mol. The molecule has 8 heteroatoms. The number of carbonyl (C=O) groups is 1. The summed E-state index contributed by atoms with van der Waals surface area (Å²) in [7, 11) is 3.20. The van der Waals surface area contributed by atoms with E-state index in [9.17, 15) is 4.79 Å². The normalized spacial score (nSPS) is 23.0. The maximum Gasteiger partial charge on any atom is 0.411 e. The van der Waals surface area contributed by atoms with E-state index in [1.165, 1.54) is 11.8 Å². The number of benzene rings is 1. The molecule has 3 rings (SSSR count). The lowest BCUT2D eigenvalue weighted by Crippen LogP contribution is -2.36. The molecule has 2 aliphatic heterocycles. The Balaban J connectivity index is 2.01. The van der Waals surface area contributed by atoms with E-state index in [-0.39, 0.29) is 24.3 Å². The maximum absolute atomic E-state index is 12.9. The van der Waals surface area contributed by atoms with Crippen molar-refractivity contribution in [3.05, 3.63) is 23.3 Å². The quantitative estimate of drug-likeness (QED) is 0.680. The second-order valence-electron chi connectivity index (χ2n) is 7.53. The van der Waals surface area contributed by atoms with E-state index in [1.54, 1.807) is 19.1 Å². The minimum absolute atomic E-state index is 0.144. The highest BCUT2D eigenvalue weighted by Crippen LogP contribution is 2.56. The summed E-state index contributed by atoms with van der Waals surface area (Å²) in [6.45, 7) is 5.58. The molecule has 1 fully saturated rings. The van der Waals surface area contributed by atoms with Crippen LogP contribution in [0.2, 0.25) is 0 Å². The molecule has 0 aliphatic carbocycles. The van der Waals surface area contributed by atoms with Gasteiger partial charge in [0.15, 0.2) is 11.5 Å². The van der Waals surface area contributed by atoms with Gasteiger partial charge in [0.25, 0.3) is 0 Å². The molecule has 0 radical (unpaired) electrons. The van der Waals surface area contributed by atoms with Crippen LogP contribution in [-0.2, 0) is 9.47 Å². The highest BCUT2D eigenvalue weighted by Gasteiger charge is 2.55. The molecular weight excluding hydrogens is 386 g/mol. The first-order valence-corrected chi connectivity index (χ1v) is 10.3. The molecule has 1 aromatic rings. The fraction of sp³-hybridized carbons (Fsp3) is 0.579. The number of amides is 1. The van der Waals surface area contributed by atoms with Crippen LogP contribution in [0, 0.1) is 0 Å². The first kappa shape index (κ1) is 20.1. The second-order valence-corrected chi connectivity index (χ2v) is 8.94. The van der Waals surface area contributed by atoms with Crippen LogP contribution in [0.15, 0.2) is 12.1 Å². The van der Waals surface area contributed by atoms with Gasteiger partial charge in [-0.15, -0.1) is 0 Å². The van der Waals surface area contributed by atoms with Gasteiger partial charge in [-0.05, 0) is 62.5 Å². The summed E-state index contributed by atoms with van der Waals surface area (Å²) < 4.78 is 23.0. The summed E-state index contributed by atoms with van der Waals surface area (Å²) in [6.07, 6.45) is 1.97. The van der Waals surface area contributed by atoms with Crippen molar-refractivity contribution in [1.82, 2.24) is 4.90 Å². The lowest BCUT2D eigenvalue weighted by atomic mass is 9.89. The fourth-order valence-corrected chi connectivity index (χ4v) is 4.10. The van der Waals surface area contributed by atoms with E-state index < -0.39 is 5.60 Å². The zero-order chi connectivity index (χ0) is 19.9. The topological polar surface area (TPSA) is 57.2 Å². The van der Waals surface area contributed by atoms with Gasteiger partial charge >= 0.3 is 6.09 Å². The van der Waals surface area contributed by atoms with Crippen molar-refractivity contribution in [3.63, 3.8) is 0 Å². The lowest BCUT2D eigenvalue weighted by molar-refractivity contribution is 0.0134. The van der Waals surface area contributed by atoms with Gasteiger partial charge in [-0.3, -0.25) is 4.90 Å². The highest BCUT2D eigenvalue weighted by molar-refractivity contribution is 8.22. The van der Waals surface area contributed by atoms with E-state index in [1.807, 2.05) is 39.2 Å². The molecule has 1 saturated heterocycles. The Morgan fingerprint density at radius 2 is 1.78 bits per heavy atom. The van der Waals surface area contributed by atoms with Crippen molar-refractivity contribution in [2.75, 3.05) is 20.5 Å². The number of rotatable bonds is 3. The molecule has 0 N–H and O–H groups in total. The van der Waals surface area contributed by atoms with Crippen LogP contribution < -0.4 is 9.47 Å². The predicted molar refractivity (Wildman–Crippen MR) is 109 cm³/mol. The average Bonchev–Trinajstić information content (AvgIpc) is 3.12. The van der Waals surface area contributed by atoms with Gasteiger partial charge in [-0.2, -0.15) is 0 Å².